The fourth-order valence-electron chi connectivity index (χ4n) is 2.09. The molecule has 2 saturated heterocycles. The summed E-state index contributed by atoms with van der Waals surface area (Å²) in [7, 11) is 0. The molecule has 2 aliphatic heterocycles. The fourth-order valence-corrected chi connectivity index (χ4v) is 3.16. The van der Waals surface area contributed by atoms with Gasteiger partial charge in [0.1, 0.15) is 22.7 Å². The van der Waals surface area contributed by atoms with Crippen LogP contribution in [0.2, 0.25) is 0 Å². The Hall–Kier alpha value is -1.67. The van der Waals surface area contributed by atoms with Crippen LogP contribution in [0.1, 0.15) is 0 Å². The summed E-state index contributed by atoms with van der Waals surface area (Å²) in [6.07, 6.45) is 3.30. The Labute approximate surface area is 131 Å². The van der Waals surface area contributed by atoms with Crippen LogP contribution in [0.3, 0.4) is 0 Å². The molecule has 110 valence electrons. The first-order valence-electron chi connectivity index (χ1n) is 6.45. The van der Waals surface area contributed by atoms with Gasteiger partial charge in [0.25, 0.3) is 0 Å². The van der Waals surface area contributed by atoms with Gasteiger partial charge in [-0.1, -0.05) is 24.0 Å². The maximum absolute atomic E-state index is 12.1. The molecule has 1 aromatic rings. The molecule has 21 heavy (non-hydrogen) atoms. The van der Waals surface area contributed by atoms with Gasteiger partial charge >= 0.3 is 0 Å². The maximum atomic E-state index is 12.1. The van der Waals surface area contributed by atoms with Crippen molar-refractivity contribution in [3.8, 4) is 5.75 Å². The molecule has 2 fully saturated rings. The number of amides is 2. The number of hydrogen-bond donors (Lipinski definition) is 0. The van der Waals surface area contributed by atoms with E-state index in [1.165, 1.54) is 16.7 Å². The molecule has 0 bridgehead atoms. The van der Waals surface area contributed by atoms with Gasteiger partial charge in [0.15, 0.2) is 0 Å². The van der Waals surface area contributed by atoms with Gasteiger partial charge in [0.2, 0.25) is 11.8 Å². The Morgan fingerprint density at radius 2 is 2.33 bits per heavy atom. The Balaban J connectivity index is 1.46. The Morgan fingerprint density at radius 3 is 2.95 bits per heavy atom. The van der Waals surface area contributed by atoms with Gasteiger partial charge in [0, 0.05) is 6.20 Å². The molecule has 2 amide bonds. The van der Waals surface area contributed by atoms with Crippen LogP contribution < -0.4 is 4.74 Å². The van der Waals surface area contributed by atoms with E-state index in [1.807, 2.05) is 6.07 Å². The number of carbonyl (C=O) groups is 2. The molecule has 8 heteroatoms. The lowest BCUT2D eigenvalue weighted by atomic mass is 10.1. The number of rotatable bonds is 4. The van der Waals surface area contributed by atoms with Crippen molar-refractivity contribution in [1.82, 2.24) is 14.8 Å². The van der Waals surface area contributed by atoms with Gasteiger partial charge in [-0.15, -0.1) is 0 Å². The van der Waals surface area contributed by atoms with Crippen LogP contribution in [0.15, 0.2) is 24.5 Å². The second-order valence-corrected chi connectivity index (χ2v) is 6.37. The van der Waals surface area contributed by atoms with Crippen LogP contribution in [0.25, 0.3) is 0 Å². The van der Waals surface area contributed by atoms with Crippen molar-refractivity contribution < 1.29 is 14.3 Å². The summed E-state index contributed by atoms with van der Waals surface area (Å²) in [5.41, 5.74) is 0. The Bertz CT molecular complexity index is 559. The number of pyridine rings is 1. The summed E-state index contributed by atoms with van der Waals surface area (Å²) in [4.78, 5) is 30.6. The van der Waals surface area contributed by atoms with Crippen molar-refractivity contribution in [3.63, 3.8) is 0 Å². The van der Waals surface area contributed by atoms with Crippen LogP contribution in [0.5, 0.6) is 5.75 Å². The first-order chi connectivity index (χ1) is 10.1. The van der Waals surface area contributed by atoms with Gasteiger partial charge in [0.05, 0.1) is 25.0 Å². The smallest absolute Gasteiger partial charge is 0.242 e. The van der Waals surface area contributed by atoms with E-state index in [0.29, 0.717) is 28.9 Å². The van der Waals surface area contributed by atoms with Gasteiger partial charge < -0.3 is 9.64 Å². The van der Waals surface area contributed by atoms with Crippen LogP contribution >= 0.6 is 24.0 Å². The highest BCUT2D eigenvalue weighted by Gasteiger charge is 2.35. The minimum atomic E-state index is -0.0979. The van der Waals surface area contributed by atoms with Gasteiger partial charge in [-0.25, -0.2) is 0 Å². The monoisotopic (exact) mass is 323 g/mol. The molecule has 0 saturated carbocycles. The van der Waals surface area contributed by atoms with E-state index in [4.69, 9.17) is 17.0 Å². The third-order valence-corrected chi connectivity index (χ3v) is 4.70. The van der Waals surface area contributed by atoms with Crippen molar-refractivity contribution in [2.75, 3.05) is 25.4 Å². The third-order valence-electron chi connectivity index (χ3n) is 3.27. The highest BCUT2D eigenvalue weighted by molar-refractivity contribution is 8.23. The topological polar surface area (TPSA) is 62.7 Å². The SMILES string of the molecule is O=C(CN1C(=O)CSC1=S)N1CC(Oc2cccnc2)C1. The second-order valence-electron chi connectivity index (χ2n) is 4.76. The number of thioether (sulfide) groups is 1. The zero-order valence-corrected chi connectivity index (χ0v) is 12.7. The molecular formula is C13H13N3O3S2. The summed E-state index contributed by atoms with van der Waals surface area (Å²) >= 11 is 6.35. The van der Waals surface area contributed by atoms with E-state index in [1.54, 1.807) is 23.4 Å². The van der Waals surface area contributed by atoms with Crippen LogP contribution in [-0.4, -0.2) is 62.4 Å². The van der Waals surface area contributed by atoms with Gasteiger partial charge in [-0.3, -0.25) is 19.5 Å². The molecule has 0 N–H and O–H groups in total. The molecule has 3 rings (SSSR count). The average Bonchev–Trinajstić information content (AvgIpc) is 2.75. The molecule has 0 radical (unpaired) electrons. The number of ether oxygens (including phenoxy) is 1. The first kappa shape index (κ1) is 14.3. The second kappa shape index (κ2) is 5.98. The molecule has 0 unspecified atom stereocenters. The number of likely N-dealkylation sites (tertiary alicyclic amines) is 1. The fraction of sp³-hybridized carbons (Fsp3) is 0.385. The number of nitrogens with zero attached hydrogens (tertiary/aromatic N) is 3. The molecule has 1 aromatic heterocycles. The quantitative estimate of drug-likeness (QED) is 0.753. The first-order valence-corrected chi connectivity index (χ1v) is 7.84. The van der Waals surface area contributed by atoms with Gasteiger partial charge in [-0.2, -0.15) is 0 Å². The van der Waals surface area contributed by atoms with Crippen molar-refractivity contribution in [1.29, 1.82) is 0 Å². The lowest BCUT2D eigenvalue weighted by Crippen LogP contribution is -2.58. The zero-order valence-electron chi connectivity index (χ0n) is 11.1. The summed E-state index contributed by atoms with van der Waals surface area (Å²) < 4.78 is 6.16. The van der Waals surface area contributed by atoms with E-state index in [-0.39, 0.29) is 24.5 Å². The standard InChI is InChI=1S/C13H13N3O3S2/c17-11(7-16-12(18)8-21-13(16)20)15-5-10(6-15)19-9-2-1-3-14-4-9/h1-4,10H,5-8H2. The molecule has 6 nitrogen and oxygen atoms in total. The minimum Gasteiger partial charge on any atom is -0.485 e. The number of thiocarbonyl (C=S) groups is 1. The minimum absolute atomic E-state index is 0.0197. The largest absolute Gasteiger partial charge is 0.485 e. The lowest BCUT2D eigenvalue weighted by Gasteiger charge is -2.39. The molecule has 0 spiro atoms. The lowest BCUT2D eigenvalue weighted by molar-refractivity contribution is -0.142. The normalized spacial score (nSPS) is 18.9. The summed E-state index contributed by atoms with van der Waals surface area (Å²) in [5.74, 6) is 0.835. The van der Waals surface area contributed by atoms with Crippen LogP contribution in [0, 0.1) is 0 Å². The Morgan fingerprint density at radius 1 is 1.52 bits per heavy atom. The summed E-state index contributed by atoms with van der Waals surface area (Å²) in [5, 5.41) is 0. The highest BCUT2D eigenvalue weighted by Crippen LogP contribution is 2.21. The molecule has 0 aliphatic carbocycles. The van der Waals surface area contributed by atoms with Crippen LogP contribution in [0.4, 0.5) is 0 Å². The number of carbonyl (C=O) groups excluding carboxylic acids is 2. The Kier molecular flexibility index (Phi) is 4.07. The predicted molar refractivity (Wildman–Crippen MR) is 82.0 cm³/mol. The van der Waals surface area contributed by atoms with E-state index in [2.05, 4.69) is 4.98 Å². The maximum Gasteiger partial charge on any atom is 0.242 e. The zero-order chi connectivity index (χ0) is 14.8. The number of hydrogen-bond acceptors (Lipinski definition) is 6. The van der Waals surface area contributed by atoms with Crippen LogP contribution in [-0.2, 0) is 9.59 Å². The summed E-state index contributed by atoms with van der Waals surface area (Å²) in [6, 6.07) is 3.63. The van der Waals surface area contributed by atoms with Gasteiger partial charge in [-0.05, 0) is 12.1 Å². The van der Waals surface area contributed by atoms with Crippen molar-refractivity contribution in [3.05, 3.63) is 24.5 Å². The summed E-state index contributed by atoms with van der Waals surface area (Å²) in [6.45, 7) is 1.08. The molecule has 2 aliphatic rings. The van der Waals surface area contributed by atoms with E-state index in [0.717, 1.165) is 0 Å². The highest BCUT2D eigenvalue weighted by atomic mass is 32.2. The van der Waals surface area contributed by atoms with E-state index in [9.17, 15) is 9.59 Å². The molecule has 0 aromatic carbocycles. The molecular weight excluding hydrogens is 310 g/mol. The van der Waals surface area contributed by atoms with E-state index >= 15 is 0 Å². The predicted octanol–water partition coefficient (Wildman–Crippen LogP) is 0.532. The molecule has 0 atom stereocenters. The van der Waals surface area contributed by atoms with Crippen molar-refractivity contribution in [2.45, 2.75) is 6.10 Å². The molecule has 3 heterocycles. The van der Waals surface area contributed by atoms with Crippen molar-refractivity contribution in [2.24, 2.45) is 0 Å². The average molecular weight is 323 g/mol. The third kappa shape index (κ3) is 3.16. The van der Waals surface area contributed by atoms with E-state index < -0.39 is 0 Å². The number of aromatic nitrogens is 1. The van der Waals surface area contributed by atoms with Crippen molar-refractivity contribution >= 4 is 40.1 Å².